The van der Waals surface area contributed by atoms with E-state index in [4.69, 9.17) is 69.6 Å². The van der Waals surface area contributed by atoms with Crippen molar-refractivity contribution in [2.45, 2.75) is 20.2 Å². The van der Waals surface area contributed by atoms with Gasteiger partial charge in [0.15, 0.2) is 4.33 Å². The van der Waals surface area contributed by atoms with Gasteiger partial charge in [0.25, 0.3) is 0 Å². The Hall–Kier alpha value is 0.980. The zero-order valence-electron chi connectivity index (χ0n) is 8.47. The van der Waals surface area contributed by atoms with E-state index in [0.29, 0.717) is 0 Å². The molecule has 0 heterocycles. The number of alkyl halides is 4. The molecule has 5 unspecified atom stereocenters. The number of rotatable bonds is 0. The zero-order chi connectivity index (χ0) is 13.7. The molecule has 100 valence electrons. The summed E-state index contributed by atoms with van der Waals surface area (Å²) in [6, 6.07) is 0. The maximum atomic E-state index is 9.99. The molecule has 0 aliphatic heterocycles. The summed E-state index contributed by atoms with van der Waals surface area (Å²) in [5.41, 5.74) is 0. The summed E-state index contributed by atoms with van der Waals surface area (Å²) in [6.07, 6.45) is 0.218. The van der Waals surface area contributed by atoms with E-state index in [1.807, 2.05) is 0 Å². The summed E-state index contributed by atoms with van der Waals surface area (Å²) < 4.78 is -1.73. The van der Waals surface area contributed by atoms with Crippen LogP contribution in [0, 0.1) is 11.8 Å². The molecular weight excluding hydrogens is 365 g/mol. The van der Waals surface area contributed by atoms with Crippen LogP contribution in [-0.2, 0) is 0 Å². The highest BCUT2D eigenvalue weighted by Gasteiger charge is 2.84. The van der Waals surface area contributed by atoms with Crippen molar-refractivity contribution in [1.82, 2.24) is 0 Å². The number of hydrogen-bond donors (Lipinski definition) is 2. The van der Waals surface area contributed by atoms with Gasteiger partial charge in [-0.2, -0.15) is 0 Å². The van der Waals surface area contributed by atoms with Gasteiger partial charge in [0.05, 0.1) is 27.8 Å². The third-order valence-electron chi connectivity index (χ3n) is 4.02. The van der Waals surface area contributed by atoms with Gasteiger partial charge in [-0.15, -0.1) is 23.2 Å². The van der Waals surface area contributed by atoms with Crippen LogP contribution in [0.1, 0.15) is 0 Å². The van der Waals surface area contributed by atoms with Gasteiger partial charge in [-0.3, -0.25) is 0 Å². The summed E-state index contributed by atoms with van der Waals surface area (Å²) >= 11 is 37.7. The van der Waals surface area contributed by atoms with E-state index < -0.39 is 32.0 Å². The van der Waals surface area contributed by atoms with Crippen molar-refractivity contribution in [3.05, 3.63) is 21.9 Å². The van der Waals surface area contributed by atoms with Crippen LogP contribution in [0.25, 0.3) is 0 Å². The summed E-state index contributed by atoms with van der Waals surface area (Å²) in [7, 11) is 0. The molecule has 1 fully saturated rings. The van der Waals surface area contributed by atoms with Gasteiger partial charge in [0.2, 0.25) is 0 Å². The van der Waals surface area contributed by atoms with Crippen molar-refractivity contribution in [3.63, 3.8) is 0 Å². The lowest BCUT2D eigenvalue weighted by Crippen LogP contribution is -2.46. The van der Waals surface area contributed by atoms with Crippen LogP contribution in [-0.4, -0.2) is 30.4 Å². The van der Waals surface area contributed by atoms with Gasteiger partial charge in [-0.25, -0.2) is 0 Å². The van der Waals surface area contributed by atoms with Gasteiger partial charge < -0.3 is 10.2 Å². The Labute approximate surface area is 133 Å². The number of aliphatic hydroxyl groups is 2. The van der Waals surface area contributed by atoms with Crippen molar-refractivity contribution in [2.75, 3.05) is 0 Å². The van der Waals surface area contributed by atoms with Crippen LogP contribution in [0.3, 0.4) is 0 Å². The highest BCUT2D eigenvalue weighted by Crippen LogP contribution is 2.78. The Morgan fingerprint density at radius 3 is 2.06 bits per heavy atom. The van der Waals surface area contributed by atoms with E-state index in [1.165, 1.54) is 6.08 Å². The smallest absolute Gasteiger partial charge is 0.167 e. The standard InChI is InChI=1S/C10H6Cl6O2/c11-6-7(12)9(14)5-3(18)1-2(17)4(5)8(6,13)10(9,15)16/h1-2,4-5,17-18H. The average molecular weight is 371 g/mol. The minimum absolute atomic E-state index is 0.0149. The molecule has 8 heteroatoms. The van der Waals surface area contributed by atoms with Gasteiger partial charge in [-0.1, -0.05) is 46.4 Å². The van der Waals surface area contributed by atoms with Crippen molar-refractivity contribution in [3.8, 4) is 0 Å². The minimum atomic E-state index is -1.73. The first-order chi connectivity index (χ1) is 8.11. The van der Waals surface area contributed by atoms with E-state index in [-0.39, 0.29) is 15.8 Å². The monoisotopic (exact) mass is 368 g/mol. The van der Waals surface area contributed by atoms with Crippen molar-refractivity contribution >= 4 is 69.6 Å². The van der Waals surface area contributed by atoms with E-state index in [1.54, 1.807) is 0 Å². The Kier molecular flexibility index (Phi) is 2.78. The molecule has 0 saturated heterocycles. The first kappa shape index (κ1) is 13.9. The Morgan fingerprint density at radius 1 is 1.00 bits per heavy atom. The number of hydrogen-bond acceptors (Lipinski definition) is 2. The largest absolute Gasteiger partial charge is 0.512 e. The lowest BCUT2D eigenvalue weighted by Gasteiger charge is -2.34. The van der Waals surface area contributed by atoms with Crippen LogP contribution < -0.4 is 0 Å². The molecule has 0 aromatic carbocycles. The van der Waals surface area contributed by atoms with Gasteiger partial charge in [-0.05, 0) is 6.08 Å². The third-order valence-corrected chi connectivity index (χ3v) is 8.30. The molecule has 0 aromatic heterocycles. The highest BCUT2D eigenvalue weighted by molar-refractivity contribution is 6.65. The first-order valence-corrected chi connectivity index (χ1v) is 7.29. The van der Waals surface area contributed by atoms with Crippen LogP contribution in [0.4, 0.5) is 0 Å². The lowest BCUT2D eigenvalue weighted by molar-refractivity contribution is 0.131. The van der Waals surface area contributed by atoms with Crippen LogP contribution >= 0.6 is 69.6 Å². The second-order valence-corrected chi connectivity index (χ2v) is 7.99. The van der Waals surface area contributed by atoms with Crippen molar-refractivity contribution < 1.29 is 10.2 Å². The number of allylic oxidation sites excluding steroid dienone is 3. The van der Waals surface area contributed by atoms with E-state index >= 15 is 0 Å². The predicted molar refractivity (Wildman–Crippen MR) is 74.0 cm³/mol. The molecule has 3 rings (SSSR count). The quantitative estimate of drug-likeness (QED) is 0.635. The molecular formula is C10H6Cl6O2. The van der Waals surface area contributed by atoms with Crippen molar-refractivity contribution in [1.29, 1.82) is 0 Å². The average Bonchev–Trinajstić information content (AvgIpc) is 2.68. The van der Waals surface area contributed by atoms with Crippen molar-refractivity contribution in [2.24, 2.45) is 11.8 Å². The van der Waals surface area contributed by atoms with Crippen LogP contribution in [0.15, 0.2) is 21.9 Å². The Bertz CT molecular complexity index is 514. The molecule has 5 atom stereocenters. The molecule has 2 bridgehead atoms. The first-order valence-electron chi connectivity index (χ1n) is 5.02. The lowest BCUT2D eigenvalue weighted by atomic mass is 9.82. The predicted octanol–water partition coefficient (Wildman–Crippen LogP) is 3.88. The highest BCUT2D eigenvalue weighted by atomic mass is 35.5. The maximum absolute atomic E-state index is 9.99. The molecule has 0 spiro atoms. The fourth-order valence-electron chi connectivity index (χ4n) is 3.23. The SMILES string of the molecule is OC1=CC(O)C2C1C1(Cl)C(Cl)=C(Cl)C2(Cl)C1(Cl)Cl. The summed E-state index contributed by atoms with van der Waals surface area (Å²) in [6.45, 7) is 0. The number of halogens is 6. The van der Waals surface area contributed by atoms with Crippen LogP contribution in [0.2, 0.25) is 0 Å². The van der Waals surface area contributed by atoms with Gasteiger partial charge in [0, 0.05) is 5.92 Å². The Morgan fingerprint density at radius 2 is 1.50 bits per heavy atom. The minimum Gasteiger partial charge on any atom is -0.512 e. The maximum Gasteiger partial charge on any atom is 0.167 e. The third kappa shape index (κ3) is 1.09. The molecule has 18 heavy (non-hydrogen) atoms. The topological polar surface area (TPSA) is 40.5 Å². The summed E-state index contributed by atoms with van der Waals surface area (Å²) in [5, 5.41) is 19.9. The molecule has 3 aliphatic carbocycles. The fraction of sp³-hybridized carbons (Fsp3) is 0.600. The molecule has 0 radical (unpaired) electrons. The van der Waals surface area contributed by atoms with E-state index in [0.717, 1.165) is 0 Å². The molecule has 2 nitrogen and oxygen atoms in total. The fourth-order valence-corrected chi connectivity index (χ4v) is 6.25. The van der Waals surface area contributed by atoms with Gasteiger partial charge in [0.1, 0.15) is 9.75 Å². The summed E-state index contributed by atoms with van der Waals surface area (Å²) in [4.78, 5) is -3.07. The van der Waals surface area contributed by atoms with E-state index in [9.17, 15) is 10.2 Å². The number of fused-ring (bicyclic) bond motifs is 5. The molecule has 1 saturated carbocycles. The summed E-state index contributed by atoms with van der Waals surface area (Å²) in [5.74, 6) is -1.61. The molecule has 0 aromatic rings. The number of aliphatic hydroxyl groups excluding tert-OH is 2. The van der Waals surface area contributed by atoms with Gasteiger partial charge >= 0.3 is 0 Å². The molecule has 2 N–H and O–H groups in total. The molecule has 0 amide bonds. The Balaban J connectivity index is 2.33. The van der Waals surface area contributed by atoms with E-state index in [2.05, 4.69) is 0 Å². The molecule has 3 aliphatic rings. The van der Waals surface area contributed by atoms with Crippen LogP contribution in [0.5, 0.6) is 0 Å². The normalized spacial score (nSPS) is 52.8. The second-order valence-electron chi connectivity index (χ2n) is 4.71. The second kappa shape index (κ2) is 3.59. The zero-order valence-corrected chi connectivity index (χ0v) is 13.0.